The summed E-state index contributed by atoms with van der Waals surface area (Å²) in [5, 5.41) is 0. The fourth-order valence-electron chi connectivity index (χ4n) is 0.194. The summed E-state index contributed by atoms with van der Waals surface area (Å²) in [7, 11) is -4.27. The molecule has 9 heteroatoms. The SMILES string of the molecule is COP(=O)(O)OC(=O)C(F)(F)F. The summed E-state index contributed by atoms with van der Waals surface area (Å²) in [4.78, 5) is 18.1. The van der Waals surface area contributed by atoms with Crippen molar-refractivity contribution < 1.29 is 36.5 Å². The zero-order valence-electron chi connectivity index (χ0n) is 5.66. The molecule has 0 rings (SSSR count). The monoisotopic (exact) mass is 208 g/mol. The van der Waals surface area contributed by atoms with Crippen LogP contribution in [0.25, 0.3) is 0 Å². The molecule has 1 atom stereocenters. The molecule has 12 heavy (non-hydrogen) atoms. The zero-order chi connectivity index (χ0) is 9.99. The number of alkyl halides is 3. The van der Waals surface area contributed by atoms with Crippen molar-refractivity contribution in [2.45, 2.75) is 6.18 Å². The minimum atomic E-state index is -5.31. The Morgan fingerprint density at radius 1 is 1.50 bits per heavy atom. The number of phosphoric ester groups is 1. The summed E-state index contributed by atoms with van der Waals surface area (Å²) in [5.41, 5.74) is 0. The molecule has 0 spiro atoms. The van der Waals surface area contributed by atoms with Crippen LogP contribution in [0.15, 0.2) is 0 Å². The van der Waals surface area contributed by atoms with E-state index < -0.39 is 20.0 Å². The predicted molar refractivity (Wildman–Crippen MR) is 29.0 cm³/mol. The van der Waals surface area contributed by atoms with Crippen LogP contribution in [0.5, 0.6) is 0 Å². The Labute approximate surface area is 64.7 Å². The van der Waals surface area contributed by atoms with Gasteiger partial charge in [0, 0.05) is 7.11 Å². The van der Waals surface area contributed by atoms with Crippen molar-refractivity contribution in [1.29, 1.82) is 0 Å². The summed E-state index contributed by atoms with van der Waals surface area (Å²) < 4.78 is 50.9. The van der Waals surface area contributed by atoms with E-state index in [9.17, 15) is 22.5 Å². The fourth-order valence-corrected chi connectivity index (χ4v) is 0.581. The predicted octanol–water partition coefficient (Wildman–Crippen LogP) is 0.839. The third-order valence-corrected chi connectivity index (χ3v) is 1.52. The van der Waals surface area contributed by atoms with Gasteiger partial charge in [0.1, 0.15) is 0 Å². The fraction of sp³-hybridized carbons (Fsp3) is 0.667. The second-order valence-corrected chi connectivity index (χ2v) is 3.01. The number of hydrogen-bond donors (Lipinski definition) is 1. The van der Waals surface area contributed by atoms with Gasteiger partial charge >= 0.3 is 20.0 Å². The lowest BCUT2D eigenvalue weighted by Gasteiger charge is -2.09. The Balaban J connectivity index is 4.30. The topological polar surface area (TPSA) is 72.8 Å². The van der Waals surface area contributed by atoms with Crippen molar-refractivity contribution >= 4 is 13.8 Å². The number of carbonyl (C=O) groups is 1. The molecule has 1 N–H and O–H groups in total. The zero-order valence-corrected chi connectivity index (χ0v) is 6.56. The smallest absolute Gasteiger partial charge is 0.364 e. The highest BCUT2D eigenvalue weighted by atomic mass is 31.2. The van der Waals surface area contributed by atoms with Crippen molar-refractivity contribution in [1.82, 2.24) is 0 Å². The summed E-state index contributed by atoms with van der Waals surface area (Å²) in [5.74, 6) is -2.77. The molecule has 0 fully saturated rings. The van der Waals surface area contributed by atoms with Crippen molar-refractivity contribution in [3.63, 3.8) is 0 Å². The maximum absolute atomic E-state index is 11.4. The van der Waals surface area contributed by atoms with Crippen LogP contribution >= 0.6 is 7.82 Å². The van der Waals surface area contributed by atoms with Gasteiger partial charge in [0.2, 0.25) is 0 Å². The van der Waals surface area contributed by atoms with E-state index in [4.69, 9.17) is 4.89 Å². The molecule has 0 amide bonds. The van der Waals surface area contributed by atoms with Crippen LogP contribution in [0.3, 0.4) is 0 Å². The van der Waals surface area contributed by atoms with Crippen LogP contribution in [0.4, 0.5) is 13.2 Å². The molecule has 1 unspecified atom stereocenters. The van der Waals surface area contributed by atoms with Crippen LogP contribution in [0, 0.1) is 0 Å². The van der Waals surface area contributed by atoms with E-state index in [-0.39, 0.29) is 0 Å². The first-order chi connectivity index (χ1) is 5.19. The summed E-state index contributed by atoms with van der Waals surface area (Å²) in [6, 6.07) is 0. The third kappa shape index (κ3) is 3.70. The Hall–Kier alpha value is -0.590. The van der Waals surface area contributed by atoms with Crippen molar-refractivity contribution in [3.8, 4) is 0 Å². The molecule has 0 aromatic rings. The van der Waals surface area contributed by atoms with E-state index in [2.05, 4.69) is 9.05 Å². The average Bonchev–Trinajstić information content (AvgIpc) is 1.85. The highest BCUT2D eigenvalue weighted by Crippen LogP contribution is 2.43. The average molecular weight is 208 g/mol. The maximum Gasteiger partial charge on any atom is 0.529 e. The van der Waals surface area contributed by atoms with Crippen LogP contribution in [-0.2, 0) is 18.4 Å². The highest BCUT2D eigenvalue weighted by Gasteiger charge is 2.45. The molecule has 5 nitrogen and oxygen atoms in total. The van der Waals surface area contributed by atoms with Gasteiger partial charge in [-0.3, -0.25) is 9.42 Å². The maximum atomic E-state index is 11.4. The van der Waals surface area contributed by atoms with Gasteiger partial charge in [0.15, 0.2) is 0 Å². The van der Waals surface area contributed by atoms with Crippen molar-refractivity contribution in [2.24, 2.45) is 0 Å². The number of carbonyl (C=O) groups excluding carboxylic acids is 1. The molecule has 0 heterocycles. The van der Waals surface area contributed by atoms with E-state index in [1.54, 1.807) is 0 Å². The van der Waals surface area contributed by atoms with Crippen molar-refractivity contribution in [3.05, 3.63) is 0 Å². The number of hydrogen-bond acceptors (Lipinski definition) is 4. The van der Waals surface area contributed by atoms with Crippen LogP contribution in [-0.4, -0.2) is 24.1 Å². The molecule has 0 saturated carbocycles. The molecule has 0 aromatic heterocycles. The Kier molecular flexibility index (Phi) is 3.25. The Bertz CT molecular complexity index is 222. The number of halogens is 3. The summed E-state index contributed by atoms with van der Waals surface area (Å²) in [6.07, 6.45) is -5.31. The first kappa shape index (κ1) is 11.4. The van der Waals surface area contributed by atoms with Gasteiger partial charge < -0.3 is 4.52 Å². The van der Waals surface area contributed by atoms with E-state index in [1.807, 2.05) is 0 Å². The molecule has 0 aromatic carbocycles. The summed E-state index contributed by atoms with van der Waals surface area (Å²) in [6.45, 7) is 0. The first-order valence-electron chi connectivity index (χ1n) is 2.38. The lowest BCUT2D eigenvalue weighted by Crippen LogP contribution is -2.24. The number of phosphoric acid groups is 1. The molecule has 72 valence electrons. The molecule has 0 bridgehead atoms. The second-order valence-electron chi connectivity index (χ2n) is 1.53. The van der Waals surface area contributed by atoms with Crippen LogP contribution in [0.1, 0.15) is 0 Å². The minimum absolute atomic E-state index is 0.629. The van der Waals surface area contributed by atoms with Gasteiger partial charge in [-0.25, -0.2) is 9.36 Å². The van der Waals surface area contributed by atoms with Gasteiger partial charge in [0.25, 0.3) is 0 Å². The van der Waals surface area contributed by atoms with Gasteiger partial charge in [-0.05, 0) is 0 Å². The molecule has 0 aliphatic carbocycles. The van der Waals surface area contributed by atoms with E-state index >= 15 is 0 Å². The Morgan fingerprint density at radius 3 is 2.17 bits per heavy atom. The van der Waals surface area contributed by atoms with Crippen LogP contribution in [0.2, 0.25) is 0 Å². The number of rotatable bonds is 2. The molecule has 0 aliphatic heterocycles. The quantitative estimate of drug-likeness (QED) is 0.680. The lowest BCUT2D eigenvalue weighted by atomic mass is 10.7. The summed E-state index contributed by atoms with van der Waals surface area (Å²) >= 11 is 0. The highest BCUT2D eigenvalue weighted by molar-refractivity contribution is 7.48. The van der Waals surface area contributed by atoms with Gasteiger partial charge in [-0.15, -0.1) is 0 Å². The molecule has 0 radical (unpaired) electrons. The minimum Gasteiger partial charge on any atom is -0.364 e. The van der Waals surface area contributed by atoms with Crippen molar-refractivity contribution in [2.75, 3.05) is 7.11 Å². The van der Waals surface area contributed by atoms with E-state index in [1.165, 1.54) is 0 Å². The molecular formula is C3H4F3O5P. The lowest BCUT2D eigenvalue weighted by molar-refractivity contribution is -0.191. The van der Waals surface area contributed by atoms with Gasteiger partial charge in [0.05, 0.1) is 0 Å². The van der Waals surface area contributed by atoms with E-state index in [0.717, 1.165) is 0 Å². The standard InChI is InChI=1S/C3H4F3O5P/c1-10-12(8,9)11-2(7)3(4,5)6/h1H3,(H,8,9). The van der Waals surface area contributed by atoms with Gasteiger partial charge in [-0.2, -0.15) is 13.2 Å². The largest absolute Gasteiger partial charge is 0.529 e. The molecular weight excluding hydrogens is 204 g/mol. The van der Waals surface area contributed by atoms with E-state index in [0.29, 0.717) is 7.11 Å². The molecule has 0 saturated heterocycles. The first-order valence-corrected chi connectivity index (χ1v) is 3.88. The normalized spacial score (nSPS) is 16.8. The third-order valence-electron chi connectivity index (χ3n) is 0.660. The Morgan fingerprint density at radius 2 is 1.92 bits per heavy atom. The van der Waals surface area contributed by atoms with Gasteiger partial charge in [-0.1, -0.05) is 0 Å². The van der Waals surface area contributed by atoms with Crippen LogP contribution < -0.4 is 0 Å². The second kappa shape index (κ2) is 3.42. The molecule has 0 aliphatic rings.